The molecule has 32 heavy (non-hydrogen) atoms. The van der Waals surface area contributed by atoms with E-state index in [2.05, 4.69) is 17.1 Å². The highest BCUT2D eigenvalue weighted by atomic mass is 35.5. The number of halogens is 1. The van der Waals surface area contributed by atoms with Crippen LogP contribution in [0.15, 0.2) is 71.7 Å². The highest BCUT2D eigenvalue weighted by molar-refractivity contribution is 7.16. The zero-order chi connectivity index (χ0) is 22.7. The van der Waals surface area contributed by atoms with E-state index in [1.165, 1.54) is 24.0 Å². The maximum absolute atomic E-state index is 12.9. The highest BCUT2D eigenvalue weighted by Gasteiger charge is 2.15. The topological polar surface area (TPSA) is 60.7 Å². The molecule has 0 N–H and O–H groups in total. The van der Waals surface area contributed by atoms with Gasteiger partial charge < -0.3 is 9.30 Å². The van der Waals surface area contributed by atoms with E-state index in [1.54, 1.807) is 22.8 Å². The number of rotatable bonds is 5. The predicted octanol–water partition coefficient (Wildman–Crippen LogP) is 5.17. The van der Waals surface area contributed by atoms with Crippen LogP contribution in [0.4, 0.5) is 0 Å². The normalized spacial score (nSPS) is 11.7. The SMILES string of the molecule is COC(=O)Cn1c(=NC(=O)c2ccc(Cc3ccccc3)cc2)sc2ccc(Cl)c(C)c21. The first kappa shape index (κ1) is 22.0. The molecule has 0 unspecified atom stereocenters. The molecule has 1 heterocycles. The summed E-state index contributed by atoms with van der Waals surface area (Å²) in [5.41, 5.74) is 4.40. The van der Waals surface area contributed by atoms with Gasteiger partial charge in [0.1, 0.15) is 6.54 Å². The van der Waals surface area contributed by atoms with Gasteiger partial charge in [0.15, 0.2) is 4.80 Å². The van der Waals surface area contributed by atoms with Crippen LogP contribution in [0, 0.1) is 6.92 Å². The van der Waals surface area contributed by atoms with E-state index < -0.39 is 5.97 Å². The summed E-state index contributed by atoms with van der Waals surface area (Å²) in [6.07, 6.45) is 0.794. The van der Waals surface area contributed by atoms with Gasteiger partial charge in [-0.1, -0.05) is 65.4 Å². The quantitative estimate of drug-likeness (QED) is 0.383. The molecule has 0 aliphatic rings. The Morgan fingerprint density at radius 1 is 1.00 bits per heavy atom. The molecule has 1 aromatic heterocycles. The monoisotopic (exact) mass is 464 g/mol. The maximum Gasteiger partial charge on any atom is 0.325 e. The molecule has 0 atom stereocenters. The van der Waals surface area contributed by atoms with Crippen LogP contribution in [0.1, 0.15) is 27.0 Å². The lowest BCUT2D eigenvalue weighted by atomic mass is 10.0. The Morgan fingerprint density at radius 3 is 2.38 bits per heavy atom. The number of benzene rings is 3. The lowest BCUT2D eigenvalue weighted by Crippen LogP contribution is -2.22. The molecule has 5 nitrogen and oxygen atoms in total. The molecule has 4 rings (SSSR count). The van der Waals surface area contributed by atoms with Crippen LogP contribution < -0.4 is 4.80 Å². The molecule has 162 valence electrons. The number of amides is 1. The van der Waals surface area contributed by atoms with Crippen molar-refractivity contribution in [1.82, 2.24) is 4.57 Å². The van der Waals surface area contributed by atoms with Crippen LogP contribution in [-0.2, 0) is 22.5 Å². The summed E-state index contributed by atoms with van der Waals surface area (Å²) in [6.45, 7) is 1.82. The Kier molecular flexibility index (Phi) is 6.53. The predicted molar refractivity (Wildman–Crippen MR) is 127 cm³/mol. The van der Waals surface area contributed by atoms with Crippen LogP contribution in [0.25, 0.3) is 10.2 Å². The van der Waals surface area contributed by atoms with Crippen molar-refractivity contribution in [2.45, 2.75) is 19.9 Å². The van der Waals surface area contributed by atoms with Crippen LogP contribution in [0.3, 0.4) is 0 Å². The smallest absolute Gasteiger partial charge is 0.325 e. The van der Waals surface area contributed by atoms with Crippen molar-refractivity contribution in [3.05, 3.63) is 98.8 Å². The number of carbonyl (C=O) groups excluding carboxylic acids is 2. The molecule has 0 aliphatic heterocycles. The fourth-order valence-corrected chi connectivity index (χ4v) is 4.73. The van der Waals surface area contributed by atoms with Gasteiger partial charge in [-0.25, -0.2) is 0 Å². The van der Waals surface area contributed by atoms with Crippen LogP contribution in [0.5, 0.6) is 0 Å². The van der Waals surface area contributed by atoms with E-state index in [0.29, 0.717) is 15.4 Å². The van der Waals surface area contributed by atoms with Crippen molar-refractivity contribution in [2.75, 3.05) is 7.11 Å². The summed E-state index contributed by atoms with van der Waals surface area (Å²) < 4.78 is 7.41. The fourth-order valence-electron chi connectivity index (χ4n) is 3.49. The molecule has 1 amide bonds. The van der Waals surface area contributed by atoms with Gasteiger partial charge in [0.05, 0.1) is 17.3 Å². The number of hydrogen-bond donors (Lipinski definition) is 0. The molecule has 0 aliphatic carbocycles. The second-order valence-electron chi connectivity index (χ2n) is 7.34. The first-order valence-corrected chi connectivity index (χ1v) is 11.2. The standard InChI is InChI=1S/C25H21ClN2O3S/c1-16-20(26)12-13-21-23(16)28(15-22(29)31-2)25(32-21)27-24(30)19-10-8-18(9-11-19)14-17-6-4-3-5-7-17/h3-13H,14-15H2,1-2H3. The molecule has 0 fully saturated rings. The molecule has 0 spiro atoms. The molecule has 0 saturated carbocycles. The summed E-state index contributed by atoms with van der Waals surface area (Å²) >= 11 is 7.63. The minimum atomic E-state index is -0.428. The highest BCUT2D eigenvalue weighted by Crippen LogP contribution is 2.27. The second-order valence-corrected chi connectivity index (χ2v) is 8.76. The number of esters is 1. The Bertz CT molecular complexity index is 1360. The summed E-state index contributed by atoms with van der Waals surface area (Å²) in [5.74, 6) is -0.798. The lowest BCUT2D eigenvalue weighted by Gasteiger charge is -2.07. The minimum absolute atomic E-state index is 0.0557. The van der Waals surface area contributed by atoms with Crippen LogP contribution in [0.2, 0.25) is 5.02 Å². The molecule has 0 saturated heterocycles. The van der Waals surface area contributed by atoms with Crippen LogP contribution in [-0.4, -0.2) is 23.6 Å². The summed E-state index contributed by atoms with van der Waals surface area (Å²) in [6, 6.07) is 21.3. The van der Waals surface area contributed by atoms with Gasteiger partial charge in [-0.15, -0.1) is 0 Å². The number of carbonyl (C=O) groups is 2. The van der Waals surface area contributed by atoms with Gasteiger partial charge in [-0.3, -0.25) is 9.59 Å². The second kappa shape index (κ2) is 9.51. The number of ether oxygens (including phenoxy) is 1. The zero-order valence-electron chi connectivity index (χ0n) is 17.7. The zero-order valence-corrected chi connectivity index (χ0v) is 19.2. The van der Waals surface area contributed by atoms with Gasteiger partial charge >= 0.3 is 5.97 Å². The summed E-state index contributed by atoms with van der Waals surface area (Å²) in [4.78, 5) is 29.7. The van der Waals surface area contributed by atoms with E-state index in [9.17, 15) is 9.59 Å². The summed E-state index contributed by atoms with van der Waals surface area (Å²) in [5, 5.41) is 0.584. The van der Waals surface area contributed by atoms with E-state index >= 15 is 0 Å². The van der Waals surface area contributed by atoms with Crippen molar-refractivity contribution in [3.8, 4) is 0 Å². The Hall–Kier alpha value is -3.22. The van der Waals surface area contributed by atoms with E-state index in [4.69, 9.17) is 16.3 Å². The van der Waals surface area contributed by atoms with Gasteiger partial charge in [0.2, 0.25) is 0 Å². The van der Waals surface area contributed by atoms with Gasteiger partial charge in [0.25, 0.3) is 5.91 Å². The third-order valence-corrected chi connectivity index (χ3v) is 6.65. The third-order valence-electron chi connectivity index (χ3n) is 5.19. The van der Waals surface area contributed by atoms with E-state index in [0.717, 1.165) is 27.8 Å². The fraction of sp³-hybridized carbons (Fsp3) is 0.160. The minimum Gasteiger partial charge on any atom is -0.468 e. The van der Waals surface area contributed by atoms with Crippen molar-refractivity contribution in [3.63, 3.8) is 0 Å². The largest absolute Gasteiger partial charge is 0.468 e. The van der Waals surface area contributed by atoms with Crippen molar-refractivity contribution >= 4 is 45.0 Å². The molecule has 4 aromatic rings. The number of fused-ring (bicyclic) bond motifs is 1. The first-order valence-electron chi connectivity index (χ1n) is 10.0. The molecule has 0 bridgehead atoms. The van der Waals surface area contributed by atoms with Crippen molar-refractivity contribution < 1.29 is 14.3 Å². The molecule has 0 radical (unpaired) electrons. The molecule has 7 heteroatoms. The molecular formula is C25H21ClN2O3S. The number of aromatic nitrogens is 1. The average Bonchev–Trinajstić information content (AvgIpc) is 3.14. The lowest BCUT2D eigenvalue weighted by molar-refractivity contribution is -0.141. The average molecular weight is 465 g/mol. The van der Waals surface area contributed by atoms with Crippen LogP contribution >= 0.6 is 22.9 Å². The number of nitrogens with zero attached hydrogens (tertiary/aromatic N) is 2. The summed E-state index contributed by atoms with van der Waals surface area (Å²) in [7, 11) is 1.33. The number of hydrogen-bond acceptors (Lipinski definition) is 4. The molecule has 3 aromatic carbocycles. The number of thiazole rings is 1. The van der Waals surface area contributed by atoms with Crippen molar-refractivity contribution in [2.24, 2.45) is 4.99 Å². The van der Waals surface area contributed by atoms with E-state index in [-0.39, 0.29) is 12.5 Å². The maximum atomic E-state index is 12.9. The van der Waals surface area contributed by atoms with Crippen molar-refractivity contribution in [1.29, 1.82) is 0 Å². The van der Waals surface area contributed by atoms with Gasteiger partial charge in [-0.2, -0.15) is 4.99 Å². The third kappa shape index (κ3) is 4.66. The molecular weight excluding hydrogens is 444 g/mol. The van der Waals surface area contributed by atoms with Gasteiger partial charge in [-0.05, 0) is 54.3 Å². The van der Waals surface area contributed by atoms with Gasteiger partial charge in [0, 0.05) is 10.6 Å². The Morgan fingerprint density at radius 2 is 1.69 bits per heavy atom. The Labute approximate surface area is 194 Å². The Balaban J connectivity index is 1.69. The first-order chi connectivity index (χ1) is 15.5. The number of methoxy groups -OCH3 is 1. The number of aryl methyl sites for hydroxylation is 1. The van der Waals surface area contributed by atoms with E-state index in [1.807, 2.05) is 43.3 Å².